The Hall–Kier alpha value is -1.88. The molecule has 0 spiro atoms. The van der Waals surface area contributed by atoms with Gasteiger partial charge in [0.1, 0.15) is 6.61 Å². The predicted octanol–water partition coefficient (Wildman–Crippen LogP) is 2.40. The molecule has 0 aromatic heterocycles. The molecule has 0 unspecified atom stereocenters. The molecule has 2 N–H and O–H groups in total. The molecule has 0 saturated carbocycles. The molecule has 0 aliphatic carbocycles. The predicted molar refractivity (Wildman–Crippen MR) is 75.1 cm³/mol. The maximum absolute atomic E-state index is 11.5. The van der Waals surface area contributed by atoms with Gasteiger partial charge in [-0.2, -0.15) is 0 Å². The number of carbonyl (C=O) groups excluding carboxylic acids is 2. The number of hydrogen-bond acceptors (Lipinski definition) is 3. The minimum absolute atomic E-state index is 0.0254. The number of ether oxygens (including phenoxy) is 1. The third kappa shape index (κ3) is 6.01. The van der Waals surface area contributed by atoms with E-state index >= 15 is 0 Å². The van der Waals surface area contributed by atoms with E-state index in [0.29, 0.717) is 17.8 Å². The Bertz CT molecular complexity index is 427. The first kappa shape index (κ1) is 15.2. The second-order valence-electron chi connectivity index (χ2n) is 4.39. The molecule has 0 fully saturated rings. The van der Waals surface area contributed by atoms with Crippen molar-refractivity contribution in [1.82, 2.24) is 0 Å². The van der Waals surface area contributed by atoms with Crippen molar-refractivity contribution in [3.63, 3.8) is 0 Å². The van der Waals surface area contributed by atoms with E-state index in [2.05, 4.69) is 10.6 Å². The molecule has 2 amide bonds. The van der Waals surface area contributed by atoms with E-state index in [0.717, 1.165) is 0 Å². The summed E-state index contributed by atoms with van der Waals surface area (Å²) in [4.78, 5) is 22.7. The Morgan fingerprint density at radius 1 is 1.05 bits per heavy atom. The van der Waals surface area contributed by atoms with E-state index in [4.69, 9.17) is 4.74 Å². The number of anilines is 2. The van der Waals surface area contributed by atoms with Gasteiger partial charge < -0.3 is 15.4 Å². The molecule has 1 rings (SSSR count). The van der Waals surface area contributed by atoms with Crippen LogP contribution in [0.2, 0.25) is 0 Å². The van der Waals surface area contributed by atoms with Crippen LogP contribution in [-0.2, 0) is 14.3 Å². The van der Waals surface area contributed by atoms with Crippen LogP contribution in [0.15, 0.2) is 24.3 Å². The van der Waals surface area contributed by atoms with Crippen LogP contribution in [0.5, 0.6) is 0 Å². The fourth-order valence-corrected chi connectivity index (χ4v) is 1.33. The summed E-state index contributed by atoms with van der Waals surface area (Å²) in [5.41, 5.74) is 1.38. The van der Waals surface area contributed by atoms with Gasteiger partial charge in [-0.3, -0.25) is 9.59 Å². The molecule has 0 aliphatic rings. The van der Waals surface area contributed by atoms with E-state index in [-0.39, 0.29) is 24.5 Å². The third-order valence-electron chi connectivity index (χ3n) is 2.32. The number of benzene rings is 1. The average Bonchev–Trinajstić information content (AvgIpc) is 2.38. The molecule has 5 heteroatoms. The molecular formula is C14H20N2O3. The van der Waals surface area contributed by atoms with E-state index in [1.54, 1.807) is 31.2 Å². The van der Waals surface area contributed by atoms with Crippen LogP contribution in [0.3, 0.4) is 0 Å². The topological polar surface area (TPSA) is 67.4 Å². The van der Waals surface area contributed by atoms with Crippen molar-refractivity contribution in [1.29, 1.82) is 0 Å². The molecular weight excluding hydrogens is 244 g/mol. The number of carbonyl (C=O) groups is 2. The van der Waals surface area contributed by atoms with E-state index in [1.165, 1.54) is 0 Å². The molecule has 5 nitrogen and oxygen atoms in total. The quantitative estimate of drug-likeness (QED) is 0.829. The summed E-state index contributed by atoms with van der Waals surface area (Å²) >= 11 is 0. The summed E-state index contributed by atoms with van der Waals surface area (Å²) in [6.07, 6.45) is 0.461. The number of rotatable bonds is 6. The van der Waals surface area contributed by atoms with Gasteiger partial charge in [-0.25, -0.2) is 0 Å². The van der Waals surface area contributed by atoms with Gasteiger partial charge in [0.15, 0.2) is 0 Å². The highest BCUT2D eigenvalue weighted by atomic mass is 16.5. The lowest BCUT2D eigenvalue weighted by Crippen LogP contribution is -2.20. The lowest BCUT2D eigenvalue weighted by atomic mass is 10.2. The summed E-state index contributed by atoms with van der Waals surface area (Å²) in [5, 5.41) is 5.45. The van der Waals surface area contributed by atoms with Gasteiger partial charge in [0, 0.05) is 17.8 Å². The minimum atomic E-state index is -0.195. The standard InChI is InChI=1S/C14H20N2O3/c1-4-13(17)15-11-5-7-12(8-6-11)16-14(18)9-19-10(2)3/h5-8,10H,4,9H2,1-3H3,(H,15,17)(H,16,18). The Kier molecular flexibility index (Phi) is 6.02. The second-order valence-corrected chi connectivity index (χ2v) is 4.39. The maximum atomic E-state index is 11.5. The fraction of sp³-hybridized carbons (Fsp3) is 0.429. The fourth-order valence-electron chi connectivity index (χ4n) is 1.33. The molecule has 104 valence electrons. The van der Waals surface area contributed by atoms with Crippen molar-refractivity contribution in [2.24, 2.45) is 0 Å². The lowest BCUT2D eigenvalue weighted by Gasteiger charge is -2.09. The zero-order chi connectivity index (χ0) is 14.3. The molecule has 1 aromatic carbocycles. The summed E-state index contributed by atoms with van der Waals surface area (Å²) in [7, 11) is 0. The van der Waals surface area contributed by atoms with Crippen molar-refractivity contribution >= 4 is 23.2 Å². The summed E-state index contributed by atoms with van der Waals surface area (Å²) in [6, 6.07) is 6.95. The molecule has 0 heterocycles. The molecule has 1 aromatic rings. The highest BCUT2D eigenvalue weighted by Crippen LogP contribution is 2.13. The Morgan fingerprint density at radius 2 is 1.53 bits per heavy atom. The largest absolute Gasteiger partial charge is 0.369 e. The van der Waals surface area contributed by atoms with Gasteiger partial charge in [-0.1, -0.05) is 6.92 Å². The maximum Gasteiger partial charge on any atom is 0.250 e. The van der Waals surface area contributed by atoms with Crippen molar-refractivity contribution in [2.75, 3.05) is 17.2 Å². The molecule has 19 heavy (non-hydrogen) atoms. The van der Waals surface area contributed by atoms with Gasteiger partial charge in [-0.15, -0.1) is 0 Å². The first-order valence-electron chi connectivity index (χ1n) is 6.32. The Morgan fingerprint density at radius 3 is 1.95 bits per heavy atom. The summed E-state index contributed by atoms with van der Waals surface area (Å²) in [5.74, 6) is -0.235. The van der Waals surface area contributed by atoms with Crippen LogP contribution >= 0.6 is 0 Å². The van der Waals surface area contributed by atoms with E-state index in [1.807, 2.05) is 13.8 Å². The minimum Gasteiger partial charge on any atom is -0.369 e. The van der Waals surface area contributed by atoms with Crippen LogP contribution in [0.1, 0.15) is 27.2 Å². The number of hydrogen-bond donors (Lipinski definition) is 2. The van der Waals surface area contributed by atoms with Crippen LogP contribution in [0, 0.1) is 0 Å². The smallest absolute Gasteiger partial charge is 0.250 e. The number of amides is 2. The van der Waals surface area contributed by atoms with Gasteiger partial charge >= 0.3 is 0 Å². The summed E-state index contributed by atoms with van der Waals surface area (Å²) < 4.78 is 5.20. The highest BCUT2D eigenvalue weighted by molar-refractivity contribution is 5.93. The molecule has 0 aliphatic heterocycles. The van der Waals surface area contributed by atoms with Crippen molar-refractivity contribution in [2.45, 2.75) is 33.3 Å². The van der Waals surface area contributed by atoms with Crippen LogP contribution < -0.4 is 10.6 Å². The van der Waals surface area contributed by atoms with Crippen molar-refractivity contribution in [3.05, 3.63) is 24.3 Å². The van der Waals surface area contributed by atoms with E-state index in [9.17, 15) is 9.59 Å². The van der Waals surface area contributed by atoms with Gasteiger partial charge in [0.05, 0.1) is 6.10 Å². The zero-order valence-corrected chi connectivity index (χ0v) is 11.5. The first-order valence-corrected chi connectivity index (χ1v) is 6.32. The second kappa shape index (κ2) is 7.53. The SMILES string of the molecule is CCC(=O)Nc1ccc(NC(=O)COC(C)C)cc1. The average molecular weight is 264 g/mol. The Labute approximate surface area is 113 Å². The third-order valence-corrected chi connectivity index (χ3v) is 2.32. The van der Waals surface area contributed by atoms with E-state index < -0.39 is 0 Å². The molecule has 0 radical (unpaired) electrons. The van der Waals surface area contributed by atoms with Gasteiger partial charge in [-0.05, 0) is 38.1 Å². The zero-order valence-electron chi connectivity index (χ0n) is 11.5. The van der Waals surface area contributed by atoms with Crippen molar-refractivity contribution in [3.8, 4) is 0 Å². The van der Waals surface area contributed by atoms with Gasteiger partial charge in [0.25, 0.3) is 0 Å². The molecule has 0 bridgehead atoms. The van der Waals surface area contributed by atoms with Gasteiger partial charge in [0.2, 0.25) is 11.8 Å². The monoisotopic (exact) mass is 264 g/mol. The lowest BCUT2D eigenvalue weighted by molar-refractivity contribution is -0.122. The molecule has 0 atom stereocenters. The Balaban J connectivity index is 2.47. The normalized spacial score (nSPS) is 10.3. The van der Waals surface area contributed by atoms with Crippen LogP contribution in [-0.4, -0.2) is 24.5 Å². The highest BCUT2D eigenvalue weighted by Gasteiger charge is 2.04. The van der Waals surface area contributed by atoms with Crippen LogP contribution in [0.25, 0.3) is 0 Å². The van der Waals surface area contributed by atoms with Crippen molar-refractivity contribution < 1.29 is 14.3 Å². The first-order chi connectivity index (χ1) is 9.01. The summed E-state index contributed by atoms with van der Waals surface area (Å²) in [6.45, 7) is 5.57. The molecule has 0 saturated heterocycles. The number of nitrogens with one attached hydrogen (secondary N) is 2. The van der Waals surface area contributed by atoms with Crippen LogP contribution in [0.4, 0.5) is 11.4 Å².